The van der Waals surface area contributed by atoms with Crippen molar-refractivity contribution in [1.82, 2.24) is 0 Å². The molecule has 2 atom stereocenters. The van der Waals surface area contributed by atoms with Crippen molar-refractivity contribution >= 4 is 17.5 Å². The van der Waals surface area contributed by atoms with E-state index < -0.39 is 29.7 Å². The maximum atomic E-state index is 11.7. The van der Waals surface area contributed by atoms with E-state index in [4.69, 9.17) is 20.1 Å². The number of nitrogens with zero attached hydrogens (tertiary/aromatic N) is 2. The maximum absolute atomic E-state index is 11.7. The Morgan fingerprint density at radius 3 is 2.53 bits per heavy atom. The van der Waals surface area contributed by atoms with Crippen LogP contribution in [0.3, 0.4) is 0 Å². The van der Waals surface area contributed by atoms with Crippen LogP contribution >= 0.6 is 0 Å². The summed E-state index contributed by atoms with van der Waals surface area (Å²) in [5, 5.41) is 8.65. The number of hydrogen-bond acceptors (Lipinski definition) is 4. The molecule has 1 aliphatic rings. The van der Waals surface area contributed by atoms with Crippen LogP contribution in [0.5, 0.6) is 0 Å². The van der Waals surface area contributed by atoms with Gasteiger partial charge in [-0.1, -0.05) is 11.6 Å². The summed E-state index contributed by atoms with van der Waals surface area (Å²) in [5.74, 6) is -2.52. The van der Waals surface area contributed by atoms with E-state index in [0.29, 0.717) is 0 Å². The van der Waals surface area contributed by atoms with Gasteiger partial charge >= 0.3 is 11.7 Å². The Kier molecular flexibility index (Phi) is 4.28. The molecule has 7 heteroatoms. The molecule has 0 saturated carbocycles. The molecule has 1 rings (SSSR count). The van der Waals surface area contributed by atoms with Gasteiger partial charge in [0.2, 0.25) is 0 Å². The van der Waals surface area contributed by atoms with Gasteiger partial charge < -0.3 is 20.1 Å². The highest BCUT2D eigenvalue weighted by molar-refractivity contribution is 6.62. The van der Waals surface area contributed by atoms with E-state index in [2.05, 4.69) is 4.79 Å². The Labute approximate surface area is 97.3 Å². The number of ether oxygens (including phenoxy) is 2. The van der Waals surface area contributed by atoms with Crippen LogP contribution in [0.4, 0.5) is 0 Å². The number of ketones is 1. The molecule has 0 aromatic rings. The molecule has 7 nitrogen and oxygen atoms in total. The van der Waals surface area contributed by atoms with E-state index in [1.54, 1.807) is 19.9 Å². The molecule has 1 fully saturated rings. The molecule has 0 unspecified atom stereocenters. The summed E-state index contributed by atoms with van der Waals surface area (Å²) in [6.45, 7) is 3.51. The van der Waals surface area contributed by atoms with Gasteiger partial charge in [-0.15, -0.1) is 0 Å². The van der Waals surface area contributed by atoms with E-state index in [1.807, 2.05) is 0 Å². The van der Waals surface area contributed by atoms with Crippen molar-refractivity contribution in [2.24, 2.45) is 0 Å². The fraction of sp³-hybridized carbons (Fsp3) is 0.500. The van der Waals surface area contributed by atoms with Crippen LogP contribution in [0.2, 0.25) is 0 Å². The average molecular weight is 240 g/mol. The van der Waals surface area contributed by atoms with Crippen molar-refractivity contribution in [2.45, 2.75) is 26.1 Å². The first kappa shape index (κ1) is 13.2. The van der Waals surface area contributed by atoms with E-state index in [0.717, 1.165) is 5.57 Å². The average Bonchev–Trinajstić information content (AvgIpc) is 2.65. The molecule has 1 heterocycles. The Hall–Kier alpha value is -1.82. The molecular formula is C10H12N2O5. The Bertz CT molecular complexity index is 418. The Morgan fingerprint density at radius 2 is 2.06 bits per heavy atom. The lowest BCUT2D eigenvalue weighted by Crippen LogP contribution is -2.39. The molecule has 0 aliphatic carbocycles. The Morgan fingerprint density at radius 1 is 1.41 bits per heavy atom. The lowest BCUT2D eigenvalue weighted by molar-refractivity contribution is -0.138. The molecule has 1 aliphatic heterocycles. The predicted molar refractivity (Wildman–Crippen MR) is 55.3 cm³/mol. The standard InChI is InChI=1S/C10H12N2O5/c1-5(2)3-6-9(17-4-16-6)8(13)7(12-11)10(14)15/h3,6,9H,4H2,1-2H3,(H,14,15)/t6-,9-/m0/s1. The molecule has 0 amide bonds. The van der Waals surface area contributed by atoms with Gasteiger partial charge in [-0.05, 0) is 13.8 Å². The van der Waals surface area contributed by atoms with Crippen LogP contribution in [0.1, 0.15) is 13.8 Å². The van der Waals surface area contributed by atoms with Crippen molar-refractivity contribution in [3.63, 3.8) is 0 Å². The summed E-state index contributed by atoms with van der Waals surface area (Å²) in [5.41, 5.74) is 8.40. The third kappa shape index (κ3) is 3.07. The van der Waals surface area contributed by atoms with Gasteiger partial charge in [-0.3, -0.25) is 4.79 Å². The molecule has 0 aromatic carbocycles. The molecule has 0 spiro atoms. The molecular weight excluding hydrogens is 228 g/mol. The van der Waals surface area contributed by atoms with Crippen molar-refractivity contribution in [3.05, 3.63) is 17.2 Å². The van der Waals surface area contributed by atoms with Crippen LogP contribution in [0.15, 0.2) is 11.6 Å². The molecule has 92 valence electrons. The smallest absolute Gasteiger partial charge is 0.444 e. The second kappa shape index (κ2) is 5.49. The number of allylic oxidation sites excluding steroid dienone is 1. The minimum atomic E-state index is -1.61. The predicted octanol–water partition coefficient (Wildman–Crippen LogP) is 0.0186. The van der Waals surface area contributed by atoms with Gasteiger partial charge in [0.05, 0.1) is 0 Å². The Balaban J connectivity index is 2.92. The third-order valence-corrected chi connectivity index (χ3v) is 2.10. The second-order valence-corrected chi connectivity index (χ2v) is 3.70. The van der Waals surface area contributed by atoms with E-state index in [-0.39, 0.29) is 6.79 Å². The molecule has 0 bridgehead atoms. The van der Waals surface area contributed by atoms with E-state index >= 15 is 0 Å². The molecule has 0 radical (unpaired) electrons. The number of carboxylic acids is 1. The highest BCUT2D eigenvalue weighted by Gasteiger charge is 2.43. The number of Topliss-reactive ketones (excluding diaryl/α,β-unsaturated/α-hetero) is 1. The van der Waals surface area contributed by atoms with Gasteiger partial charge in [-0.2, -0.15) is 4.79 Å². The SMILES string of the molecule is CC(C)=C[C@@H]1OCO[C@@H]1C(=O)C(=[N+]=[N-])C(=O)O. The largest absolute Gasteiger partial charge is 0.472 e. The lowest BCUT2D eigenvalue weighted by atomic mass is 10.0. The topological polar surface area (TPSA) is 109 Å². The van der Waals surface area contributed by atoms with E-state index in [9.17, 15) is 9.59 Å². The van der Waals surface area contributed by atoms with Gasteiger partial charge in [0, 0.05) is 0 Å². The van der Waals surface area contributed by atoms with Gasteiger partial charge in [0.15, 0.2) is 6.10 Å². The van der Waals surface area contributed by atoms with Crippen molar-refractivity contribution in [3.8, 4) is 0 Å². The molecule has 1 saturated heterocycles. The number of carbonyl (C=O) groups is 2. The maximum Gasteiger partial charge on any atom is 0.444 e. The second-order valence-electron chi connectivity index (χ2n) is 3.70. The quantitative estimate of drug-likeness (QED) is 0.245. The fourth-order valence-electron chi connectivity index (χ4n) is 1.39. The number of aliphatic carboxylic acids is 1. The van der Waals surface area contributed by atoms with Gasteiger partial charge in [-0.25, -0.2) is 4.79 Å². The van der Waals surface area contributed by atoms with Crippen molar-refractivity contribution < 1.29 is 29.0 Å². The minimum Gasteiger partial charge on any atom is -0.472 e. The van der Waals surface area contributed by atoms with Crippen molar-refractivity contribution in [1.29, 1.82) is 0 Å². The molecule has 1 N–H and O–H groups in total. The number of carbonyl (C=O) groups excluding carboxylic acids is 1. The first-order valence-corrected chi connectivity index (χ1v) is 4.85. The molecule has 17 heavy (non-hydrogen) atoms. The normalized spacial score (nSPS) is 22.7. The van der Waals surface area contributed by atoms with Gasteiger partial charge in [0.25, 0.3) is 5.78 Å². The number of carboxylic acid groups (broad SMARTS) is 1. The van der Waals surface area contributed by atoms with E-state index in [1.165, 1.54) is 0 Å². The third-order valence-electron chi connectivity index (χ3n) is 2.10. The van der Waals surface area contributed by atoms with Crippen LogP contribution < -0.4 is 0 Å². The van der Waals surface area contributed by atoms with Crippen LogP contribution in [0.25, 0.3) is 5.53 Å². The first-order valence-electron chi connectivity index (χ1n) is 4.85. The van der Waals surface area contributed by atoms with Gasteiger partial charge in [0.1, 0.15) is 12.9 Å². The number of rotatable bonds is 4. The van der Waals surface area contributed by atoms with Crippen LogP contribution in [-0.4, -0.2) is 46.4 Å². The van der Waals surface area contributed by atoms with Crippen LogP contribution in [0, 0.1) is 0 Å². The summed E-state index contributed by atoms with van der Waals surface area (Å²) in [6, 6.07) is 0. The van der Waals surface area contributed by atoms with Crippen molar-refractivity contribution in [2.75, 3.05) is 6.79 Å². The zero-order valence-electron chi connectivity index (χ0n) is 9.41. The highest BCUT2D eigenvalue weighted by atomic mass is 16.7. The minimum absolute atomic E-state index is 0.108. The summed E-state index contributed by atoms with van der Waals surface area (Å²) in [7, 11) is 0. The first-order chi connectivity index (χ1) is 7.97. The molecule has 0 aromatic heterocycles. The fourth-order valence-corrected chi connectivity index (χ4v) is 1.39. The zero-order valence-corrected chi connectivity index (χ0v) is 9.41. The van der Waals surface area contributed by atoms with Crippen LogP contribution in [-0.2, 0) is 19.1 Å². The lowest BCUT2D eigenvalue weighted by Gasteiger charge is -2.09. The summed E-state index contributed by atoms with van der Waals surface area (Å²) in [6.07, 6.45) is -0.109. The highest BCUT2D eigenvalue weighted by Crippen LogP contribution is 2.17. The monoisotopic (exact) mass is 240 g/mol. The zero-order chi connectivity index (χ0) is 13.0. The summed E-state index contributed by atoms with van der Waals surface area (Å²) in [4.78, 5) is 24.8. The summed E-state index contributed by atoms with van der Waals surface area (Å²) >= 11 is 0. The number of hydrogen-bond donors (Lipinski definition) is 1. The summed E-state index contributed by atoms with van der Waals surface area (Å²) < 4.78 is 10.1.